The molecule has 4 aliphatic rings. The summed E-state index contributed by atoms with van der Waals surface area (Å²) < 4.78 is 45.8. The number of piperidine rings is 1. The molecule has 1 N–H and O–H groups in total. The molecule has 3 aliphatic heterocycles. The summed E-state index contributed by atoms with van der Waals surface area (Å²) in [6.07, 6.45) is 10.4. The van der Waals surface area contributed by atoms with E-state index in [1.165, 1.54) is 11.1 Å². The molecule has 2 saturated heterocycles. The Morgan fingerprint density at radius 2 is 1.98 bits per heavy atom. The number of hydrogen-bond acceptors (Lipinski definition) is 7. The van der Waals surface area contributed by atoms with E-state index in [0.29, 0.717) is 48.9 Å². The SMILES string of the molecule is C=S(NC)C(C)C(C)C/C=C/C(CN1CCN2CCC(F)(F)CC2C1)(OC)C1CCC1CN1CC(c2ccc(Cl)cc2CCC)COc2ccc(C=O)cc21. The van der Waals surface area contributed by atoms with Gasteiger partial charge < -0.3 is 14.4 Å². The van der Waals surface area contributed by atoms with E-state index in [1.807, 2.05) is 38.4 Å². The Kier molecular flexibility index (Phi) is 14.2. The molecular weight excluding hydrogens is 738 g/mol. The van der Waals surface area contributed by atoms with Gasteiger partial charge in [-0.05, 0) is 91.9 Å². The number of hydrogen-bond donors (Lipinski definition) is 1. The van der Waals surface area contributed by atoms with Crippen molar-refractivity contribution in [3.63, 3.8) is 0 Å². The third-order valence-corrected chi connectivity index (χ3v) is 15.3. The lowest BCUT2D eigenvalue weighted by Crippen LogP contribution is -2.62. The van der Waals surface area contributed by atoms with E-state index >= 15 is 0 Å². The minimum Gasteiger partial charge on any atom is -0.491 e. The lowest BCUT2D eigenvalue weighted by atomic mass is 9.63. The predicted octanol–water partition coefficient (Wildman–Crippen LogP) is 8.72. The van der Waals surface area contributed by atoms with Crippen LogP contribution in [0.25, 0.3) is 0 Å². The summed E-state index contributed by atoms with van der Waals surface area (Å²) in [5.41, 5.74) is 3.52. The van der Waals surface area contributed by atoms with Crippen molar-refractivity contribution in [3.8, 4) is 5.75 Å². The minimum atomic E-state index is -2.60. The summed E-state index contributed by atoms with van der Waals surface area (Å²) in [5.74, 6) is 3.58. The summed E-state index contributed by atoms with van der Waals surface area (Å²) in [4.78, 5) is 19.1. The maximum atomic E-state index is 14.6. The van der Waals surface area contributed by atoms with Gasteiger partial charge in [0.05, 0.1) is 12.3 Å². The number of halogens is 3. The quantitative estimate of drug-likeness (QED) is 0.104. The van der Waals surface area contributed by atoms with Crippen molar-refractivity contribution in [2.75, 3.05) is 71.5 Å². The number of aldehydes is 1. The number of alkyl halides is 2. The lowest BCUT2D eigenvalue weighted by molar-refractivity contribution is -0.119. The Balaban J connectivity index is 1.29. The molecule has 2 aromatic carbocycles. The number of carbonyl (C=O) groups is 1. The summed E-state index contributed by atoms with van der Waals surface area (Å²) in [5, 5.41) is 1.16. The van der Waals surface area contributed by atoms with E-state index in [4.69, 9.17) is 21.1 Å². The van der Waals surface area contributed by atoms with Crippen LogP contribution in [0.15, 0.2) is 48.6 Å². The van der Waals surface area contributed by atoms with E-state index in [1.54, 1.807) is 0 Å². The molecular formula is C44H63ClF2N4O3S. The molecule has 0 amide bonds. The van der Waals surface area contributed by atoms with Crippen molar-refractivity contribution < 1.29 is 23.0 Å². The molecule has 7 nitrogen and oxygen atoms in total. The van der Waals surface area contributed by atoms with Crippen LogP contribution >= 0.6 is 22.3 Å². The number of piperazine rings is 1. The fourth-order valence-electron chi connectivity index (χ4n) is 9.53. The van der Waals surface area contributed by atoms with E-state index < -0.39 is 11.5 Å². The van der Waals surface area contributed by atoms with Crippen LogP contribution in [-0.2, 0) is 11.2 Å². The standard InChI is InChI=1S/C44H63ClF2N4O3S/c1-7-9-34-23-37(45)13-14-39(34)36-26-51(41-22-33(28-52)11-16-42(41)54-29-36)25-35-12-15-40(35)43(53-5,17-8-10-31(2)32(3)55(6)48-4)30-49-20-21-50-19-18-44(46,47)24-38(50)27-49/h8,11,13-14,16-17,22-23,28,31-32,35-36,38,40,48H,6-7,9-10,12,15,18-21,24-27,29-30H2,1-5H3/b17-8+. The van der Waals surface area contributed by atoms with Crippen LogP contribution in [-0.4, -0.2) is 111 Å². The van der Waals surface area contributed by atoms with Gasteiger partial charge in [-0.1, -0.05) is 62.9 Å². The molecule has 0 radical (unpaired) electrons. The molecule has 0 aromatic heterocycles. The topological polar surface area (TPSA) is 57.3 Å². The van der Waals surface area contributed by atoms with Gasteiger partial charge in [0.1, 0.15) is 17.6 Å². The number of aryl methyl sites for hydroxylation is 1. The fraction of sp³-hybridized carbons (Fsp3) is 0.636. The Bertz CT molecular complexity index is 1680. The zero-order valence-electron chi connectivity index (χ0n) is 33.6. The minimum absolute atomic E-state index is 0.0470. The zero-order valence-corrected chi connectivity index (χ0v) is 35.2. The summed E-state index contributed by atoms with van der Waals surface area (Å²) >= 11 is 6.50. The van der Waals surface area contributed by atoms with Crippen molar-refractivity contribution in [3.05, 3.63) is 70.3 Å². The first-order chi connectivity index (χ1) is 26.4. The third kappa shape index (κ3) is 9.86. The number of carbonyl (C=O) groups excluding carboxylic acids is 1. The highest BCUT2D eigenvalue weighted by atomic mass is 35.5. The van der Waals surface area contributed by atoms with Crippen molar-refractivity contribution in [1.29, 1.82) is 0 Å². The second-order valence-corrected chi connectivity index (χ2v) is 19.1. The molecule has 0 bridgehead atoms. The molecule has 1 saturated carbocycles. The van der Waals surface area contributed by atoms with Crippen molar-refractivity contribution in [2.24, 2.45) is 17.8 Å². The Hall–Kier alpha value is -2.34. The highest BCUT2D eigenvalue weighted by molar-refractivity contribution is 8.12. The monoisotopic (exact) mass is 800 g/mol. The number of nitrogens with zero attached hydrogens (tertiary/aromatic N) is 3. The van der Waals surface area contributed by atoms with Gasteiger partial charge in [0.2, 0.25) is 0 Å². The normalized spacial score (nSPS) is 27.2. The predicted molar refractivity (Wildman–Crippen MR) is 226 cm³/mol. The first-order valence-electron chi connectivity index (χ1n) is 20.4. The number of benzene rings is 2. The number of methoxy groups -OCH3 is 1. The van der Waals surface area contributed by atoms with Gasteiger partial charge in [0, 0.05) is 93.6 Å². The largest absolute Gasteiger partial charge is 0.491 e. The highest BCUT2D eigenvalue weighted by Gasteiger charge is 2.50. The van der Waals surface area contributed by atoms with Gasteiger partial charge in [0.25, 0.3) is 5.92 Å². The Morgan fingerprint density at radius 3 is 2.69 bits per heavy atom. The van der Waals surface area contributed by atoms with Gasteiger partial charge in [-0.2, -0.15) is 0 Å². The molecule has 11 heteroatoms. The van der Waals surface area contributed by atoms with Crippen LogP contribution in [0.2, 0.25) is 5.02 Å². The fourth-order valence-corrected chi connectivity index (χ4v) is 10.8. The number of rotatable bonds is 16. The molecule has 3 fully saturated rings. The molecule has 3 heterocycles. The van der Waals surface area contributed by atoms with E-state index in [2.05, 4.69) is 70.3 Å². The highest BCUT2D eigenvalue weighted by Crippen LogP contribution is 2.48. The summed E-state index contributed by atoms with van der Waals surface area (Å²) in [7, 11) is 3.68. The number of allylic oxidation sites excluding steroid dienone is 1. The van der Waals surface area contributed by atoms with Gasteiger partial charge in [0.15, 0.2) is 0 Å². The molecule has 8 atom stereocenters. The van der Waals surface area contributed by atoms with Crippen LogP contribution in [0, 0.1) is 17.8 Å². The van der Waals surface area contributed by atoms with Crippen molar-refractivity contribution in [2.45, 2.75) is 94.5 Å². The molecule has 1 aliphatic carbocycles. The number of anilines is 1. The maximum absolute atomic E-state index is 14.6. The summed E-state index contributed by atoms with van der Waals surface area (Å²) in [6.45, 7) is 12.2. The van der Waals surface area contributed by atoms with Crippen molar-refractivity contribution >= 4 is 40.1 Å². The first kappa shape index (κ1) is 42.3. The molecule has 304 valence electrons. The zero-order chi connectivity index (χ0) is 39.3. The summed E-state index contributed by atoms with van der Waals surface area (Å²) in [6, 6.07) is 11.8. The van der Waals surface area contributed by atoms with E-state index in [9.17, 15) is 13.6 Å². The van der Waals surface area contributed by atoms with Crippen LogP contribution in [0.5, 0.6) is 5.75 Å². The molecule has 2 aromatic rings. The van der Waals surface area contributed by atoms with Crippen LogP contribution in [0.4, 0.5) is 14.5 Å². The Morgan fingerprint density at radius 1 is 1.16 bits per heavy atom. The molecule has 8 unspecified atom stereocenters. The Labute approximate surface area is 336 Å². The van der Waals surface area contributed by atoms with E-state index in [0.717, 1.165) is 81.0 Å². The molecule has 0 spiro atoms. The van der Waals surface area contributed by atoms with E-state index in [-0.39, 0.29) is 41.4 Å². The number of fused-ring (bicyclic) bond motifs is 2. The third-order valence-electron chi connectivity index (χ3n) is 13.2. The maximum Gasteiger partial charge on any atom is 0.250 e. The average molecular weight is 802 g/mol. The lowest BCUT2D eigenvalue weighted by Gasteiger charge is -2.53. The first-order valence-corrected chi connectivity index (χ1v) is 22.2. The van der Waals surface area contributed by atoms with Gasteiger partial charge in [-0.25, -0.2) is 8.78 Å². The van der Waals surface area contributed by atoms with Gasteiger partial charge >= 0.3 is 0 Å². The number of ether oxygens (including phenoxy) is 2. The van der Waals surface area contributed by atoms with Crippen LogP contribution in [0.3, 0.4) is 0 Å². The van der Waals surface area contributed by atoms with Crippen LogP contribution in [0.1, 0.15) is 86.7 Å². The molecule has 6 rings (SSSR count). The second-order valence-electron chi connectivity index (χ2n) is 16.6. The molecule has 55 heavy (non-hydrogen) atoms. The van der Waals surface area contributed by atoms with Gasteiger partial charge in [-0.15, -0.1) is 10.7 Å². The van der Waals surface area contributed by atoms with Crippen LogP contribution < -0.4 is 14.4 Å². The van der Waals surface area contributed by atoms with Crippen molar-refractivity contribution in [1.82, 2.24) is 14.5 Å². The number of nitrogens with one attached hydrogen (secondary N) is 1. The van der Waals surface area contributed by atoms with Gasteiger partial charge in [-0.3, -0.25) is 19.3 Å². The average Bonchev–Trinajstić information content (AvgIpc) is 3.34. The second kappa shape index (κ2) is 18.5. The smallest absolute Gasteiger partial charge is 0.250 e.